The monoisotopic (exact) mass is 316 g/mol. The van der Waals surface area contributed by atoms with Crippen molar-refractivity contribution in [2.24, 2.45) is 0 Å². The van der Waals surface area contributed by atoms with Crippen LogP contribution in [0.5, 0.6) is 5.75 Å². The maximum absolute atomic E-state index is 12.0. The number of benzene rings is 1. The van der Waals surface area contributed by atoms with Crippen LogP contribution < -0.4 is 10.2 Å². The number of likely N-dealkylation sites (N-methyl/N-ethyl adjacent to an activating group) is 1. The van der Waals surface area contributed by atoms with Gasteiger partial charge < -0.3 is 14.5 Å². The van der Waals surface area contributed by atoms with Crippen molar-refractivity contribution >= 4 is 15.8 Å². The second kappa shape index (κ2) is 7.39. The number of hydrogen-bond donors (Lipinski definition) is 1. The lowest BCUT2D eigenvalue weighted by atomic mass is 10.2. The van der Waals surface area contributed by atoms with Gasteiger partial charge in [0, 0.05) is 19.3 Å². The van der Waals surface area contributed by atoms with Crippen molar-refractivity contribution in [2.45, 2.75) is 4.90 Å². The smallest absolute Gasteiger partial charge is 0.360 e. The standard InChI is InChI=1S/C13H20N2O5S/c1-15(2)8-7-14-20-13(16)11-9-10(21(4,17)18)5-6-12(11)19-3/h5-6,9,14H,7-8H2,1-4H3. The molecule has 0 saturated heterocycles. The Hall–Kier alpha value is -1.64. The number of hydroxylamine groups is 1. The quantitative estimate of drug-likeness (QED) is 0.573. The third-order valence-corrected chi connectivity index (χ3v) is 3.76. The van der Waals surface area contributed by atoms with Crippen molar-refractivity contribution < 1.29 is 22.8 Å². The summed E-state index contributed by atoms with van der Waals surface area (Å²) in [5.74, 6) is -0.446. The molecule has 118 valence electrons. The molecule has 0 heterocycles. The number of ether oxygens (including phenoxy) is 1. The lowest BCUT2D eigenvalue weighted by Crippen LogP contribution is -2.29. The van der Waals surface area contributed by atoms with Gasteiger partial charge in [-0.25, -0.2) is 13.2 Å². The summed E-state index contributed by atoms with van der Waals surface area (Å²) in [5, 5.41) is 0. The van der Waals surface area contributed by atoms with Crippen LogP contribution >= 0.6 is 0 Å². The van der Waals surface area contributed by atoms with Crippen molar-refractivity contribution in [2.75, 3.05) is 40.6 Å². The fourth-order valence-electron chi connectivity index (χ4n) is 1.52. The van der Waals surface area contributed by atoms with E-state index >= 15 is 0 Å². The molecule has 0 fully saturated rings. The van der Waals surface area contributed by atoms with Crippen LogP contribution in [-0.2, 0) is 14.7 Å². The molecule has 0 aliphatic rings. The molecule has 0 atom stereocenters. The van der Waals surface area contributed by atoms with E-state index in [0.717, 1.165) is 6.26 Å². The molecule has 1 aromatic rings. The van der Waals surface area contributed by atoms with Crippen LogP contribution in [0.15, 0.2) is 23.1 Å². The van der Waals surface area contributed by atoms with Crippen molar-refractivity contribution in [3.05, 3.63) is 23.8 Å². The van der Waals surface area contributed by atoms with E-state index in [1.807, 2.05) is 19.0 Å². The second-order valence-corrected chi connectivity index (χ2v) is 6.74. The fourth-order valence-corrected chi connectivity index (χ4v) is 2.17. The molecule has 1 aromatic carbocycles. The number of sulfone groups is 1. The number of carbonyl (C=O) groups excluding carboxylic acids is 1. The minimum atomic E-state index is -3.41. The van der Waals surface area contributed by atoms with Crippen molar-refractivity contribution in [1.29, 1.82) is 0 Å². The molecule has 21 heavy (non-hydrogen) atoms. The molecule has 0 aliphatic carbocycles. The molecule has 0 amide bonds. The molecule has 0 aliphatic heterocycles. The zero-order valence-electron chi connectivity index (χ0n) is 12.5. The predicted octanol–water partition coefficient (Wildman–Crippen LogP) is 0.322. The van der Waals surface area contributed by atoms with Gasteiger partial charge in [0.25, 0.3) is 0 Å². The third kappa shape index (κ3) is 5.33. The van der Waals surface area contributed by atoms with Crippen molar-refractivity contribution in [1.82, 2.24) is 10.4 Å². The maximum Gasteiger partial charge on any atom is 0.360 e. The first-order chi connectivity index (χ1) is 9.75. The van der Waals surface area contributed by atoms with Gasteiger partial charge in [0.15, 0.2) is 9.84 Å². The van der Waals surface area contributed by atoms with Gasteiger partial charge in [-0.05, 0) is 32.3 Å². The summed E-state index contributed by atoms with van der Waals surface area (Å²) in [4.78, 5) is 18.8. The lowest BCUT2D eigenvalue weighted by molar-refractivity contribution is 0.0240. The summed E-state index contributed by atoms with van der Waals surface area (Å²) in [6.07, 6.45) is 1.07. The summed E-state index contributed by atoms with van der Waals surface area (Å²) < 4.78 is 28.1. The maximum atomic E-state index is 12.0. The van der Waals surface area contributed by atoms with Crippen LogP contribution in [0.1, 0.15) is 10.4 Å². The van der Waals surface area contributed by atoms with E-state index in [-0.39, 0.29) is 16.2 Å². The van der Waals surface area contributed by atoms with Gasteiger partial charge in [-0.2, -0.15) is 5.48 Å². The second-order valence-electron chi connectivity index (χ2n) is 4.72. The molecule has 0 bridgehead atoms. The third-order valence-electron chi connectivity index (χ3n) is 2.64. The molecular formula is C13H20N2O5S. The summed E-state index contributed by atoms with van der Waals surface area (Å²) in [7, 11) is 1.77. The number of nitrogens with one attached hydrogen (secondary N) is 1. The van der Waals surface area contributed by atoms with Crippen LogP contribution in [-0.4, -0.2) is 59.8 Å². The molecule has 0 unspecified atom stereocenters. The first kappa shape index (κ1) is 17.4. The highest BCUT2D eigenvalue weighted by Gasteiger charge is 2.18. The Kier molecular flexibility index (Phi) is 6.13. The first-order valence-electron chi connectivity index (χ1n) is 6.22. The van der Waals surface area contributed by atoms with Gasteiger partial charge in [0.2, 0.25) is 0 Å². The van der Waals surface area contributed by atoms with E-state index in [4.69, 9.17) is 9.57 Å². The van der Waals surface area contributed by atoms with Crippen LogP contribution in [0.25, 0.3) is 0 Å². The molecule has 0 spiro atoms. The predicted molar refractivity (Wildman–Crippen MR) is 78.1 cm³/mol. The van der Waals surface area contributed by atoms with Crippen molar-refractivity contribution in [3.63, 3.8) is 0 Å². The molecule has 7 nitrogen and oxygen atoms in total. The van der Waals surface area contributed by atoms with E-state index in [1.54, 1.807) is 0 Å². The zero-order valence-corrected chi connectivity index (χ0v) is 13.4. The minimum absolute atomic E-state index is 0.0311. The summed E-state index contributed by atoms with van der Waals surface area (Å²) in [5.41, 5.74) is 2.58. The molecule has 0 aromatic heterocycles. The first-order valence-corrected chi connectivity index (χ1v) is 8.11. The zero-order chi connectivity index (χ0) is 16.0. The van der Waals surface area contributed by atoms with E-state index in [9.17, 15) is 13.2 Å². The Labute approximate surface area is 124 Å². The Morgan fingerprint density at radius 3 is 2.52 bits per heavy atom. The fraction of sp³-hybridized carbons (Fsp3) is 0.462. The highest BCUT2D eigenvalue weighted by Crippen LogP contribution is 2.23. The SMILES string of the molecule is COc1ccc(S(C)(=O)=O)cc1C(=O)ONCCN(C)C. The van der Waals surface area contributed by atoms with Gasteiger partial charge in [-0.3, -0.25) is 0 Å². The van der Waals surface area contributed by atoms with Crippen LogP contribution in [0.4, 0.5) is 0 Å². The van der Waals surface area contributed by atoms with E-state index in [1.165, 1.54) is 25.3 Å². The van der Waals surface area contributed by atoms with Crippen LogP contribution in [0.3, 0.4) is 0 Å². The van der Waals surface area contributed by atoms with Gasteiger partial charge in [-0.15, -0.1) is 0 Å². The van der Waals surface area contributed by atoms with E-state index < -0.39 is 15.8 Å². The Morgan fingerprint density at radius 1 is 1.33 bits per heavy atom. The Bertz CT molecular complexity index is 599. The topological polar surface area (TPSA) is 84.9 Å². The summed E-state index contributed by atoms with van der Waals surface area (Å²) in [6, 6.07) is 4.04. The number of methoxy groups -OCH3 is 1. The number of hydrogen-bond acceptors (Lipinski definition) is 7. The molecular weight excluding hydrogens is 296 g/mol. The van der Waals surface area contributed by atoms with Gasteiger partial charge in [-0.1, -0.05) is 0 Å². The number of carbonyl (C=O) groups is 1. The van der Waals surface area contributed by atoms with Gasteiger partial charge >= 0.3 is 5.97 Å². The van der Waals surface area contributed by atoms with E-state index in [0.29, 0.717) is 13.1 Å². The summed E-state index contributed by atoms with van der Waals surface area (Å²) >= 11 is 0. The average Bonchev–Trinajstić information content (AvgIpc) is 2.41. The molecule has 8 heteroatoms. The minimum Gasteiger partial charge on any atom is -0.496 e. The van der Waals surface area contributed by atoms with Crippen molar-refractivity contribution in [3.8, 4) is 5.75 Å². The van der Waals surface area contributed by atoms with E-state index in [2.05, 4.69) is 5.48 Å². The highest BCUT2D eigenvalue weighted by molar-refractivity contribution is 7.90. The number of nitrogens with zero attached hydrogens (tertiary/aromatic N) is 1. The van der Waals surface area contributed by atoms with Crippen LogP contribution in [0, 0.1) is 0 Å². The van der Waals surface area contributed by atoms with Gasteiger partial charge in [0.05, 0.1) is 12.0 Å². The van der Waals surface area contributed by atoms with Gasteiger partial charge in [0.1, 0.15) is 11.3 Å². The highest BCUT2D eigenvalue weighted by atomic mass is 32.2. The Balaban J connectivity index is 2.86. The van der Waals surface area contributed by atoms with Crippen LogP contribution in [0.2, 0.25) is 0 Å². The summed E-state index contributed by atoms with van der Waals surface area (Å²) in [6.45, 7) is 1.14. The molecule has 0 radical (unpaired) electrons. The lowest BCUT2D eigenvalue weighted by Gasteiger charge is -2.12. The molecule has 1 rings (SSSR count). The average molecular weight is 316 g/mol. The number of rotatable bonds is 7. The molecule has 0 saturated carbocycles. The largest absolute Gasteiger partial charge is 0.496 e. The molecule has 1 N–H and O–H groups in total. The normalized spacial score (nSPS) is 11.5. The Morgan fingerprint density at radius 2 is 2.00 bits per heavy atom.